The summed E-state index contributed by atoms with van der Waals surface area (Å²) >= 11 is 0. The van der Waals surface area contributed by atoms with Gasteiger partial charge >= 0.3 is 0 Å². The second-order valence-electron chi connectivity index (χ2n) is 6.43. The van der Waals surface area contributed by atoms with Crippen molar-refractivity contribution in [1.82, 2.24) is 5.32 Å². The first-order valence-electron chi connectivity index (χ1n) is 7.16. The number of benzene rings is 1. The summed E-state index contributed by atoms with van der Waals surface area (Å²) in [5.41, 5.74) is 4.02. The normalized spacial score (nSPS) is 15.3. The monoisotopic (exact) mass is 263 g/mol. The summed E-state index contributed by atoms with van der Waals surface area (Å²) < 4.78 is 6.03. The molecule has 2 nitrogen and oxygen atoms in total. The van der Waals surface area contributed by atoms with Crippen LogP contribution in [0.1, 0.15) is 50.4 Å². The maximum absolute atomic E-state index is 6.03. The fourth-order valence-electron chi connectivity index (χ4n) is 2.71. The maximum atomic E-state index is 6.03. The van der Waals surface area contributed by atoms with Crippen molar-refractivity contribution in [2.24, 2.45) is 5.41 Å². The highest BCUT2D eigenvalue weighted by Crippen LogP contribution is 2.33. The summed E-state index contributed by atoms with van der Waals surface area (Å²) in [4.78, 5) is 0. The van der Waals surface area contributed by atoms with Crippen LogP contribution in [0.4, 0.5) is 0 Å². The smallest absolute Gasteiger partial charge is 0.0817 e. The van der Waals surface area contributed by atoms with Gasteiger partial charge in [0.05, 0.1) is 12.1 Å². The van der Waals surface area contributed by atoms with Gasteiger partial charge < -0.3 is 10.1 Å². The van der Waals surface area contributed by atoms with E-state index in [1.807, 2.05) is 7.05 Å². The molecule has 0 aromatic heterocycles. The fraction of sp³-hybridized carbons (Fsp3) is 0.647. The molecule has 108 valence electrons. The van der Waals surface area contributed by atoms with Gasteiger partial charge in [0.1, 0.15) is 0 Å². The summed E-state index contributed by atoms with van der Waals surface area (Å²) in [6, 6.07) is 6.94. The van der Waals surface area contributed by atoms with Crippen LogP contribution in [0, 0.1) is 19.3 Å². The standard InChI is InChI=1S/C17H29NO/c1-8-19-16(17(4,5)6)15(18-7)14-10-12(2)9-13(3)11-14/h9-11,15-16,18H,8H2,1-7H3. The highest BCUT2D eigenvalue weighted by Gasteiger charge is 2.33. The molecule has 2 heteroatoms. The molecule has 1 aromatic rings. The first-order chi connectivity index (χ1) is 8.79. The van der Waals surface area contributed by atoms with E-state index in [0.29, 0.717) is 0 Å². The Morgan fingerprint density at radius 2 is 1.63 bits per heavy atom. The van der Waals surface area contributed by atoms with Gasteiger partial charge in [0.2, 0.25) is 0 Å². The van der Waals surface area contributed by atoms with Crippen LogP contribution in [0.2, 0.25) is 0 Å². The van der Waals surface area contributed by atoms with Gasteiger partial charge in [-0.15, -0.1) is 0 Å². The Morgan fingerprint density at radius 1 is 1.11 bits per heavy atom. The van der Waals surface area contributed by atoms with E-state index in [0.717, 1.165) is 6.61 Å². The van der Waals surface area contributed by atoms with Crippen molar-refractivity contribution in [2.75, 3.05) is 13.7 Å². The van der Waals surface area contributed by atoms with E-state index in [1.54, 1.807) is 0 Å². The van der Waals surface area contributed by atoms with Crippen LogP contribution >= 0.6 is 0 Å². The molecule has 0 heterocycles. The average molecular weight is 263 g/mol. The van der Waals surface area contributed by atoms with Crippen LogP contribution in [0.15, 0.2) is 18.2 Å². The molecule has 2 atom stereocenters. The van der Waals surface area contributed by atoms with E-state index in [-0.39, 0.29) is 17.6 Å². The minimum Gasteiger partial charge on any atom is -0.376 e. The van der Waals surface area contributed by atoms with E-state index in [9.17, 15) is 0 Å². The highest BCUT2D eigenvalue weighted by atomic mass is 16.5. The van der Waals surface area contributed by atoms with Gasteiger partial charge in [0, 0.05) is 6.61 Å². The minimum atomic E-state index is 0.0985. The quantitative estimate of drug-likeness (QED) is 0.866. The molecule has 1 N–H and O–H groups in total. The molecule has 19 heavy (non-hydrogen) atoms. The summed E-state index contributed by atoms with van der Waals surface area (Å²) in [6.07, 6.45) is 0.156. The Labute approximate surface area is 118 Å². The van der Waals surface area contributed by atoms with Crippen molar-refractivity contribution >= 4 is 0 Å². The lowest BCUT2D eigenvalue weighted by atomic mass is 9.81. The molecule has 0 aliphatic carbocycles. The largest absolute Gasteiger partial charge is 0.376 e. The molecule has 1 rings (SSSR count). The van der Waals surface area contributed by atoms with Gasteiger partial charge in [-0.05, 0) is 38.8 Å². The Balaban J connectivity index is 3.15. The van der Waals surface area contributed by atoms with Crippen molar-refractivity contribution in [3.05, 3.63) is 34.9 Å². The SMILES string of the molecule is CCOC(C(NC)c1cc(C)cc(C)c1)C(C)(C)C. The zero-order valence-corrected chi connectivity index (χ0v) is 13.5. The van der Waals surface area contributed by atoms with Gasteiger partial charge in [0.25, 0.3) is 0 Å². The fourth-order valence-corrected chi connectivity index (χ4v) is 2.71. The van der Waals surface area contributed by atoms with Crippen LogP contribution in [0.5, 0.6) is 0 Å². The molecule has 1 aromatic carbocycles. The molecule has 0 aliphatic heterocycles. The first-order valence-corrected chi connectivity index (χ1v) is 7.16. The molecule has 0 aliphatic rings. The number of ether oxygens (including phenoxy) is 1. The third kappa shape index (κ3) is 4.32. The summed E-state index contributed by atoms with van der Waals surface area (Å²) in [5.74, 6) is 0. The summed E-state index contributed by atoms with van der Waals surface area (Å²) in [7, 11) is 2.01. The van der Waals surface area contributed by atoms with Gasteiger partial charge in [-0.25, -0.2) is 0 Å². The third-order valence-electron chi connectivity index (χ3n) is 3.42. The van der Waals surface area contributed by atoms with Crippen LogP contribution in [-0.2, 0) is 4.74 Å². The molecule has 0 spiro atoms. The number of aryl methyl sites for hydroxylation is 2. The second-order valence-corrected chi connectivity index (χ2v) is 6.43. The third-order valence-corrected chi connectivity index (χ3v) is 3.42. The Hall–Kier alpha value is -0.860. The zero-order chi connectivity index (χ0) is 14.6. The average Bonchev–Trinajstić information content (AvgIpc) is 2.26. The number of rotatable bonds is 5. The van der Waals surface area contributed by atoms with E-state index in [2.05, 4.69) is 65.1 Å². The van der Waals surface area contributed by atoms with Crippen molar-refractivity contribution in [3.63, 3.8) is 0 Å². The molecular weight excluding hydrogens is 234 g/mol. The van der Waals surface area contributed by atoms with Gasteiger partial charge in [-0.1, -0.05) is 50.1 Å². The molecule has 0 radical (unpaired) electrons. The van der Waals surface area contributed by atoms with E-state index >= 15 is 0 Å². The summed E-state index contributed by atoms with van der Waals surface area (Å²) in [6.45, 7) is 13.8. The van der Waals surface area contributed by atoms with Crippen molar-refractivity contribution in [1.29, 1.82) is 0 Å². The van der Waals surface area contributed by atoms with Crippen LogP contribution in [0.25, 0.3) is 0 Å². The molecule has 0 saturated heterocycles. The lowest BCUT2D eigenvalue weighted by Crippen LogP contribution is -2.41. The van der Waals surface area contributed by atoms with E-state index < -0.39 is 0 Å². The highest BCUT2D eigenvalue weighted by molar-refractivity contribution is 5.31. The van der Waals surface area contributed by atoms with Gasteiger partial charge in [-0.2, -0.15) is 0 Å². The van der Waals surface area contributed by atoms with Crippen molar-refractivity contribution in [2.45, 2.75) is 53.7 Å². The topological polar surface area (TPSA) is 21.3 Å². The lowest BCUT2D eigenvalue weighted by Gasteiger charge is -2.37. The molecular formula is C17H29NO. The molecule has 0 saturated carbocycles. The Kier molecular flexibility index (Phi) is 5.57. The van der Waals surface area contributed by atoms with Crippen molar-refractivity contribution < 1.29 is 4.74 Å². The molecule has 2 unspecified atom stereocenters. The van der Waals surface area contributed by atoms with Crippen LogP contribution in [-0.4, -0.2) is 19.8 Å². The Morgan fingerprint density at radius 3 is 2.00 bits per heavy atom. The number of hydrogen-bond acceptors (Lipinski definition) is 2. The minimum absolute atomic E-state index is 0.0985. The lowest BCUT2D eigenvalue weighted by molar-refractivity contribution is -0.0351. The second kappa shape index (κ2) is 6.53. The number of hydrogen-bond donors (Lipinski definition) is 1. The van der Waals surface area contributed by atoms with E-state index in [4.69, 9.17) is 4.74 Å². The maximum Gasteiger partial charge on any atom is 0.0817 e. The summed E-state index contributed by atoms with van der Waals surface area (Å²) in [5, 5.41) is 3.44. The molecule has 0 fully saturated rings. The predicted octanol–water partition coefficient (Wildman–Crippen LogP) is 4.02. The first kappa shape index (κ1) is 16.2. The van der Waals surface area contributed by atoms with Gasteiger partial charge in [0.15, 0.2) is 0 Å². The van der Waals surface area contributed by atoms with E-state index in [1.165, 1.54) is 16.7 Å². The van der Waals surface area contributed by atoms with Crippen molar-refractivity contribution in [3.8, 4) is 0 Å². The number of likely N-dealkylation sites (N-methyl/N-ethyl adjacent to an activating group) is 1. The molecule has 0 amide bonds. The van der Waals surface area contributed by atoms with Crippen LogP contribution in [0.3, 0.4) is 0 Å². The van der Waals surface area contributed by atoms with Crippen LogP contribution < -0.4 is 5.32 Å². The Bertz CT molecular complexity index is 386. The van der Waals surface area contributed by atoms with Gasteiger partial charge in [-0.3, -0.25) is 0 Å². The predicted molar refractivity (Wildman–Crippen MR) is 82.6 cm³/mol. The zero-order valence-electron chi connectivity index (χ0n) is 13.5. The molecule has 0 bridgehead atoms. The number of nitrogens with one attached hydrogen (secondary N) is 1.